The molecule has 0 unspecified atom stereocenters. The first-order valence-electron chi connectivity index (χ1n) is 9.11. The zero-order valence-corrected chi connectivity index (χ0v) is 16.9. The van der Waals surface area contributed by atoms with E-state index in [9.17, 15) is 4.79 Å². The molecule has 2 aromatic heterocycles. The van der Waals surface area contributed by atoms with Crippen LogP contribution in [0, 0.1) is 0 Å². The quantitative estimate of drug-likeness (QED) is 0.643. The van der Waals surface area contributed by atoms with Gasteiger partial charge in [0.1, 0.15) is 5.82 Å². The molecule has 0 fully saturated rings. The summed E-state index contributed by atoms with van der Waals surface area (Å²) in [6.07, 6.45) is 3.99. The van der Waals surface area contributed by atoms with E-state index in [0.29, 0.717) is 5.75 Å². The molecule has 1 aromatic carbocycles. The number of benzene rings is 1. The molecule has 0 saturated heterocycles. The third-order valence-electron chi connectivity index (χ3n) is 4.87. The van der Waals surface area contributed by atoms with Gasteiger partial charge in [0.05, 0.1) is 11.8 Å². The Morgan fingerprint density at radius 1 is 1.30 bits per heavy atom. The van der Waals surface area contributed by atoms with Crippen molar-refractivity contribution in [2.75, 3.05) is 5.75 Å². The van der Waals surface area contributed by atoms with Crippen molar-refractivity contribution < 1.29 is 4.79 Å². The van der Waals surface area contributed by atoms with E-state index in [1.807, 2.05) is 23.7 Å². The van der Waals surface area contributed by atoms with Gasteiger partial charge in [-0.05, 0) is 41.8 Å². The molecule has 0 saturated carbocycles. The Morgan fingerprint density at radius 3 is 3.04 bits per heavy atom. The Labute approximate surface area is 167 Å². The van der Waals surface area contributed by atoms with Gasteiger partial charge in [-0.25, -0.2) is 0 Å². The maximum Gasteiger partial charge on any atom is 0.230 e. The highest BCUT2D eigenvalue weighted by Crippen LogP contribution is 2.29. The summed E-state index contributed by atoms with van der Waals surface area (Å²) in [5, 5.41) is 14.6. The number of rotatable bonds is 6. The third-order valence-corrected chi connectivity index (χ3v) is 6.77. The van der Waals surface area contributed by atoms with Crippen LogP contribution in [-0.4, -0.2) is 26.4 Å². The average Bonchev–Trinajstić information content (AvgIpc) is 3.31. The maximum absolute atomic E-state index is 12.5. The Bertz CT molecular complexity index is 920. The van der Waals surface area contributed by atoms with Crippen LogP contribution in [0.5, 0.6) is 0 Å². The number of thioether (sulfide) groups is 1. The number of carbonyl (C=O) groups excluding carboxylic acids is 1. The van der Waals surface area contributed by atoms with E-state index in [2.05, 4.69) is 45.2 Å². The Hall–Kier alpha value is -2.12. The molecule has 7 heteroatoms. The van der Waals surface area contributed by atoms with Gasteiger partial charge in [0, 0.05) is 18.3 Å². The topological polar surface area (TPSA) is 59.8 Å². The fraction of sp³-hybridized carbons (Fsp3) is 0.350. The molecule has 0 aliphatic heterocycles. The largest absolute Gasteiger partial charge is 0.349 e. The minimum absolute atomic E-state index is 0.0458. The molecule has 1 amide bonds. The van der Waals surface area contributed by atoms with E-state index < -0.39 is 0 Å². The number of thiophene rings is 1. The molecular weight excluding hydrogens is 376 g/mol. The minimum Gasteiger partial charge on any atom is -0.349 e. The molecule has 1 aliphatic carbocycles. The summed E-state index contributed by atoms with van der Waals surface area (Å²) in [5.74, 6) is 1.31. The molecule has 0 radical (unpaired) electrons. The lowest BCUT2D eigenvalue weighted by molar-refractivity contribution is -0.119. The standard InChI is InChI=1S/C20H22N4OS2/c1-24-18(12-15-8-5-11-26-15)22-23-20(24)27-13-19(25)21-17-10-4-7-14-6-2-3-9-16(14)17/h2-3,5-6,8-9,11,17H,4,7,10,12-13H2,1H3,(H,21,25)/t17-/m1/s1. The average molecular weight is 399 g/mol. The van der Waals surface area contributed by atoms with Crippen molar-refractivity contribution in [3.63, 3.8) is 0 Å². The fourth-order valence-corrected chi connectivity index (χ4v) is 4.91. The van der Waals surface area contributed by atoms with Gasteiger partial charge in [0.2, 0.25) is 5.91 Å². The summed E-state index contributed by atoms with van der Waals surface area (Å²) in [6, 6.07) is 12.7. The highest BCUT2D eigenvalue weighted by molar-refractivity contribution is 7.99. The second-order valence-electron chi connectivity index (χ2n) is 6.71. The van der Waals surface area contributed by atoms with E-state index in [-0.39, 0.29) is 11.9 Å². The number of aryl methyl sites for hydroxylation is 1. The monoisotopic (exact) mass is 398 g/mol. The Kier molecular flexibility index (Phi) is 5.59. The zero-order valence-electron chi connectivity index (χ0n) is 15.2. The summed E-state index contributed by atoms with van der Waals surface area (Å²) in [6.45, 7) is 0. The van der Waals surface area contributed by atoms with Crippen molar-refractivity contribution in [2.45, 2.75) is 36.9 Å². The van der Waals surface area contributed by atoms with E-state index in [1.54, 1.807) is 11.3 Å². The number of amides is 1. The molecular formula is C20H22N4OS2. The molecule has 0 spiro atoms. The molecule has 2 heterocycles. The van der Waals surface area contributed by atoms with Crippen molar-refractivity contribution in [3.05, 3.63) is 63.6 Å². The van der Waals surface area contributed by atoms with Crippen molar-refractivity contribution in [1.29, 1.82) is 0 Å². The number of nitrogens with zero attached hydrogens (tertiary/aromatic N) is 3. The van der Waals surface area contributed by atoms with Crippen molar-refractivity contribution in [1.82, 2.24) is 20.1 Å². The second kappa shape index (κ2) is 8.27. The smallest absolute Gasteiger partial charge is 0.230 e. The predicted octanol–water partition coefficient (Wildman–Crippen LogP) is 3.75. The number of carbonyl (C=O) groups is 1. The molecule has 4 rings (SSSR count). The van der Waals surface area contributed by atoms with Gasteiger partial charge in [0.25, 0.3) is 0 Å². The maximum atomic E-state index is 12.5. The molecule has 1 atom stereocenters. The van der Waals surface area contributed by atoms with E-state index in [0.717, 1.165) is 36.7 Å². The molecule has 0 bridgehead atoms. The summed E-state index contributed by atoms with van der Waals surface area (Å²) in [5.41, 5.74) is 2.62. The van der Waals surface area contributed by atoms with Gasteiger partial charge < -0.3 is 9.88 Å². The van der Waals surface area contributed by atoms with Crippen LogP contribution in [0.25, 0.3) is 0 Å². The summed E-state index contributed by atoms with van der Waals surface area (Å²) in [7, 11) is 1.96. The normalized spacial score (nSPS) is 16.1. The lowest BCUT2D eigenvalue weighted by Gasteiger charge is -2.26. The molecule has 27 heavy (non-hydrogen) atoms. The van der Waals surface area contributed by atoms with Crippen LogP contribution in [0.15, 0.2) is 46.9 Å². The Morgan fingerprint density at radius 2 is 2.19 bits per heavy atom. The van der Waals surface area contributed by atoms with Gasteiger partial charge in [-0.3, -0.25) is 4.79 Å². The third kappa shape index (κ3) is 4.25. The van der Waals surface area contributed by atoms with Crippen LogP contribution >= 0.6 is 23.1 Å². The molecule has 3 aromatic rings. The predicted molar refractivity (Wildman–Crippen MR) is 109 cm³/mol. The lowest BCUT2D eigenvalue weighted by Crippen LogP contribution is -2.32. The SMILES string of the molecule is Cn1c(Cc2cccs2)nnc1SCC(=O)N[C@@H]1CCCc2ccccc21. The van der Waals surface area contributed by atoms with Crippen LogP contribution in [-0.2, 0) is 24.7 Å². The summed E-state index contributed by atoms with van der Waals surface area (Å²) in [4.78, 5) is 13.7. The van der Waals surface area contributed by atoms with Gasteiger partial charge in [-0.15, -0.1) is 21.5 Å². The van der Waals surface area contributed by atoms with E-state index >= 15 is 0 Å². The molecule has 1 N–H and O–H groups in total. The summed E-state index contributed by atoms with van der Waals surface area (Å²) >= 11 is 3.15. The van der Waals surface area contributed by atoms with Crippen LogP contribution in [0.4, 0.5) is 0 Å². The highest BCUT2D eigenvalue weighted by Gasteiger charge is 2.21. The number of hydrogen-bond donors (Lipinski definition) is 1. The lowest BCUT2D eigenvalue weighted by atomic mass is 9.88. The van der Waals surface area contributed by atoms with Crippen LogP contribution in [0.1, 0.15) is 40.7 Å². The zero-order chi connectivity index (χ0) is 18.6. The number of hydrogen-bond acceptors (Lipinski definition) is 5. The van der Waals surface area contributed by atoms with Crippen LogP contribution in [0.3, 0.4) is 0 Å². The van der Waals surface area contributed by atoms with E-state index in [4.69, 9.17) is 0 Å². The molecule has 140 valence electrons. The Balaban J connectivity index is 1.34. The minimum atomic E-state index is 0.0458. The first-order chi connectivity index (χ1) is 13.2. The molecule has 5 nitrogen and oxygen atoms in total. The number of fused-ring (bicyclic) bond motifs is 1. The number of aromatic nitrogens is 3. The molecule has 1 aliphatic rings. The number of nitrogens with one attached hydrogen (secondary N) is 1. The van der Waals surface area contributed by atoms with Crippen LogP contribution in [0.2, 0.25) is 0 Å². The first-order valence-corrected chi connectivity index (χ1v) is 11.0. The van der Waals surface area contributed by atoms with E-state index in [1.165, 1.54) is 27.8 Å². The van der Waals surface area contributed by atoms with Crippen molar-refractivity contribution in [2.24, 2.45) is 7.05 Å². The van der Waals surface area contributed by atoms with Crippen molar-refractivity contribution >= 4 is 29.0 Å². The summed E-state index contributed by atoms with van der Waals surface area (Å²) < 4.78 is 1.98. The fourth-order valence-electron chi connectivity index (χ4n) is 3.46. The van der Waals surface area contributed by atoms with Crippen molar-refractivity contribution in [3.8, 4) is 0 Å². The first kappa shape index (κ1) is 18.3. The van der Waals surface area contributed by atoms with Gasteiger partial charge in [-0.1, -0.05) is 42.1 Å². The van der Waals surface area contributed by atoms with Gasteiger partial charge in [-0.2, -0.15) is 0 Å². The van der Waals surface area contributed by atoms with Gasteiger partial charge in [0.15, 0.2) is 5.16 Å². The van der Waals surface area contributed by atoms with Gasteiger partial charge >= 0.3 is 0 Å². The second-order valence-corrected chi connectivity index (χ2v) is 8.69. The van der Waals surface area contributed by atoms with Crippen LogP contribution < -0.4 is 5.32 Å². The highest BCUT2D eigenvalue weighted by atomic mass is 32.2.